The third-order valence-electron chi connectivity index (χ3n) is 4.55. The van der Waals surface area contributed by atoms with Crippen molar-refractivity contribution in [2.75, 3.05) is 6.54 Å². The number of nitrogens with one attached hydrogen (secondary N) is 1. The lowest BCUT2D eigenvalue weighted by Gasteiger charge is -2.26. The molecule has 4 heteroatoms. The number of sulfonamides is 1. The Labute approximate surface area is 129 Å². The average molecular weight is 309 g/mol. The van der Waals surface area contributed by atoms with Crippen molar-refractivity contribution < 1.29 is 8.42 Å². The highest BCUT2D eigenvalue weighted by Gasteiger charge is 2.21. The number of hydrogen-bond donors (Lipinski definition) is 1. The molecule has 0 aromatic heterocycles. The summed E-state index contributed by atoms with van der Waals surface area (Å²) >= 11 is 0. The molecule has 21 heavy (non-hydrogen) atoms. The van der Waals surface area contributed by atoms with Gasteiger partial charge in [0.25, 0.3) is 0 Å². The van der Waals surface area contributed by atoms with Gasteiger partial charge in [0.05, 0.1) is 4.90 Å². The van der Waals surface area contributed by atoms with Gasteiger partial charge in [0.15, 0.2) is 0 Å². The normalized spacial score (nSPS) is 23.4. The Bertz CT molecular complexity index is 541. The second-order valence-corrected chi connectivity index (χ2v) is 8.47. The highest BCUT2D eigenvalue weighted by atomic mass is 32.2. The van der Waals surface area contributed by atoms with Crippen LogP contribution in [0.3, 0.4) is 0 Å². The molecule has 1 aliphatic rings. The molecule has 0 heterocycles. The van der Waals surface area contributed by atoms with Gasteiger partial charge in [-0.25, -0.2) is 13.1 Å². The number of rotatable bonds is 5. The molecule has 3 nitrogen and oxygen atoms in total. The molecule has 0 saturated heterocycles. The molecular formula is C17H27NO2S. The number of hydrogen-bond acceptors (Lipinski definition) is 2. The summed E-state index contributed by atoms with van der Waals surface area (Å²) in [6.45, 7) is 7.05. The Morgan fingerprint density at radius 2 is 1.67 bits per heavy atom. The quantitative estimate of drug-likeness (QED) is 0.896. The summed E-state index contributed by atoms with van der Waals surface area (Å²) in [5.74, 6) is 1.70. The van der Waals surface area contributed by atoms with Crippen molar-refractivity contribution in [2.45, 2.75) is 57.3 Å². The standard InChI is InChI=1S/C17H27NO2S/c1-13(2)16-8-10-17(11-9-16)21(19,20)18-12-15-6-4-14(3)5-7-15/h8-11,13-15,18H,4-7,12H2,1-3H3. The molecule has 0 unspecified atom stereocenters. The van der Waals surface area contributed by atoms with E-state index in [1.54, 1.807) is 12.1 Å². The average Bonchev–Trinajstić information content (AvgIpc) is 2.47. The summed E-state index contributed by atoms with van der Waals surface area (Å²) < 4.78 is 27.4. The van der Waals surface area contributed by atoms with Crippen molar-refractivity contribution in [3.05, 3.63) is 29.8 Å². The van der Waals surface area contributed by atoms with Crippen molar-refractivity contribution in [1.82, 2.24) is 4.72 Å². The fraction of sp³-hybridized carbons (Fsp3) is 0.647. The molecule has 0 spiro atoms. The first-order valence-corrected chi connectivity index (χ1v) is 9.46. The highest BCUT2D eigenvalue weighted by molar-refractivity contribution is 7.89. The molecule has 0 aliphatic heterocycles. The fourth-order valence-corrected chi connectivity index (χ4v) is 3.99. The van der Waals surface area contributed by atoms with Crippen molar-refractivity contribution in [3.63, 3.8) is 0 Å². The van der Waals surface area contributed by atoms with Crippen LogP contribution in [0.4, 0.5) is 0 Å². The Kier molecular flexibility index (Phi) is 5.44. The summed E-state index contributed by atoms with van der Waals surface area (Å²) in [6, 6.07) is 7.23. The lowest BCUT2D eigenvalue weighted by molar-refractivity contribution is 0.290. The molecule has 2 rings (SSSR count). The van der Waals surface area contributed by atoms with E-state index in [0.29, 0.717) is 23.3 Å². The first-order valence-electron chi connectivity index (χ1n) is 7.98. The molecule has 0 atom stereocenters. The highest BCUT2D eigenvalue weighted by Crippen LogP contribution is 2.28. The SMILES string of the molecule is CC1CCC(CNS(=O)(=O)c2ccc(C(C)C)cc2)CC1. The van der Waals surface area contributed by atoms with Crippen molar-refractivity contribution in [2.24, 2.45) is 11.8 Å². The van der Waals surface area contributed by atoms with E-state index in [2.05, 4.69) is 25.5 Å². The zero-order chi connectivity index (χ0) is 15.5. The van der Waals surface area contributed by atoms with Crippen LogP contribution in [0.5, 0.6) is 0 Å². The fourth-order valence-electron chi connectivity index (χ4n) is 2.88. The minimum Gasteiger partial charge on any atom is -0.211 e. The predicted octanol–water partition coefficient (Wildman–Crippen LogP) is 3.91. The van der Waals surface area contributed by atoms with Gasteiger partial charge >= 0.3 is 0 Å². The molecule has 1 aromatic rings. The molecule has 1 fully saturated rings. The molecule has 0 bridgehead atoms. The van der Waals surface area contributed by atoms with Crippen LogP contribution < -0.4 is 4.72 Å². The van der Waals surface area contributed by atoms with Crippen LogP contribution in [0.2, 0.25) is 0 Å². The van der Waals surface area contributed by atoms with Crippen LogP contribution in [0.1, 0.15) is 57.9 Å². The van der Waals surface area contributed by atoms with E-state index in [4.69, 9.17) is 0 Å². The predicted molar refractivity (Wildman–Crippen MR) is 86.8 cm³/mol. The zero-order valence-corrected chi connectivity index (χ0v) is 14.1. The first-order chi connectivity index (χ1) is 9.88. The van der Waals surface area contributed by atoms with Crippen LogP contribution in [0, 0.1) is 11.8 Å². The molecule has 0 radical (unpaired) electrons. The summed E-state index contributed by atoms with van der Waals surface area (Å²) in [5.41, 5.74) is 1.16. The Morgan fingerprint density at radius 3 is 2.19 bits per heavy atom. The Hall–Kier alpha value is -0.870. The van der Waals surface area contributed by atoms with Gasteiger partial charge in [0, 0.05) is 6.54 Å². The van der Waals surface area contributed by atoms with Crippen LogP contribution in [0.15, 0.2) is 29.2 Å². The van der Waals surface area contributed by atoms with E-state index in [1.807, 2.05) is 12.1 Å². The first kappa shape index (κ1) is 16.5. The summed E-state index contributed by atoms with van der Waals surface area (Å²) in [4.78, 5) is 0.371. The monoisotopic (exact) mass is 309 g/mol. The van der Waals surface area contributed by atoms with Crippen LogP contribution >= 0.6 is 0 Å². The summed E-state index contributed by atoms with van der Waals surface area (Å²) in [5, 5.41) is 0. The topological polar surface area (TPSA) is 46.2 Å². The lowest BCUT2D eigenvalue weighted by atomic mass is 9.83. The maximum atomic E-state index is 12.3. The number of benzene rings is 1. The van der Waals surface area contributed by atoms with Gasteiger partial charge in [-0.3, -0.25) is 0 Å². The molecule has 1 N–H and O–H groups in total. The summed E-state index contributed by atoms with van der Waals surface area (Å²) in [6.07, 6.45) is 4.71. The molecule has 1 aliphatic carbocycles. The van der Waals surface area contributed by atoms with Crippen LogP contribution in [-0.2, 0) is 10.0 Å². The van der Waals surface area contributed by atoms with E-state index >= 15 is 0 Å². The molecule has 118 valence electrons. The van der Waals surface area contributed by atoms with E-state index in [1.165, 1.54) is 12.8 Å². The molecule has 1 aromatic carbocycles. The van der Waals surface area contributed by atoms with Gasteiger partial charge in [0.1, 0.15) is 0 Å². The second-order valence-electron chi connectivity index (χ2n) is 6.70. The minimum atomic E-state index is -3.37. The molecular weight excluding hydrogens is 282 g/mol. The van der Waals surface area contributed by atoms with Gasteiger partial charge in [-0.2, -0.15) is 0 Å². The third kappa shape index (κ3) is 4.55. The van der Waals surface area contributed by atoms with Gasteiger partial charge < -0.3 is 0 Å². The molecule has 1 saturated carbocycles. The van der Waals surface area contributed by atoms with Crippen LogP contribution in [-0.4, -0.2) is 15.0 Å². The minimum absolute atomic E-state index is 0.371. The Balaban J connectivity index is 1.95. The van der Waals surface area contributed by atoms with Gasteiger partial charge in [-0.1, -0.05) is 45.7 Å². The molecule has 0 amide bonds. The maximum absolute atomic E-state index is 12.3. The Morgan fingerprint density at radius 1 is 1.10 bits per heavy atom. The van der Waals surface area contributed by atoms with Crippen molar-refractivity contribution in [1.29, 1.82) is 0 Å². The van der Waals surface area contributed by atoms with Gasteiger partial charge in [-0.05, 0) is 48.3 Å². The van der Waals surface area contributed by atoms with E-state index in [0.717, 1.165) is 24.3 Å². The maximum Gasteiger partial charge on any atom is 0.240 e. The lowest BCUT2D eigenvalue weighted by Crippen LogP contribution is -2.31. The van der Waals surface area contributed by atoms with E-state index in [9.17, 15) is 8.42 Å². The van der Waals surface area contributed by atoms with Crippen LogP contribution in [0.25, 0.3) is 0 Å². The summed E-state index contributed by atoms with van der Waals surface area (Å²) in [7, 11) is -3.37. The van der Waals surface area contributed by atoms with E-state index < -0.39 is 10.0 Å². The van der Waals surface area contributed by atoms with Crippen molar-refractivity contribution in [3.8, 4) is 0 Å². The second kappa shape index (κ2) is 6.93. The van der Waals surface area contributed by atoms with Gasteiger partial charge in [-0.15, -0.1) is 0 Å². The smallest absolute Gasteiger partial charge is 0.211 e. The zero-order valence-electron chi connectivity index (χ0n) is 13.3. The van der Waals surface area contributed by atoms with Crippen molar-refractivity contribution >= 4 is 10.0 Å². The van der Waals surface area contributed by atoms with Gasteiger partial charge in [0.2, 0.25) is 10.0 Å². The van der Waals surface area contributed by atoms with E-state index in [-0.39, 0.29) is 0 Å². The third-order valence-corrected chi connectivity index (χ3v) is 5.99. The largest absolute Gasteiger partial charge is 0.240 e.